The molecule has 20 heavy (non-hydrogen) atoms. The van der Waals surface area contributed by atoms with Crippen molar-refractivity contribution in [3.63, 3.8) is 0 Å². The highest BCUT2D eigenvalue weighted by Gasteiger charge is 2.19. The van der Waals surface area contributed by atoms with E-state index in [4.69, 9.17) is 5.11 Å². The molecule has 0 fully saturated rings. The van der Waals surface area contributed by atoms with Crippen LogP contribution in [0.2, 0.25) is 0 Å². The highest BCUT2D eigenvalue weighted by atomic mass is 79.9. The van der Waals surface area contributed by atoms with Crippen molar-refractivity contribution in [2.24, 2.45) is 5.92 Å². The standard InChI is InChI=1S/C14H19BrN2O3/c1-4-17(8-10(3)13(18)19)14(20)16-11-5-6-12(15)9(2)7-11/h5-7,10H,4,8H2,1-3H3,(H,16,20)(H,18,19). The summed E-state index contributed by atoms with van der Waals surface area (Å²) < 4.78 is 0.974. The van der Waals surface area contributed by atoms with Gasteiger partial charge in [0.05, 0.1) is 5.92 Å². The van der Waals surface area contributed by atoms with E-state index in [9.17, 15) is 9.59 Å². The van der Waals surface area contributed by atoms with Crippen LogP contribution in [0.1, 0.15) is 19.4 Å². The number of anilines is 1. The number of hydrogen-bond donors (Lipinski definition) is 2. The molecule has 0 saturated carbocycles. The number of benzene rings is 1. The molecule has 2 N–H and O–H groups in total. The number of hydrogen-bond acceptors (Lipinski definition) is 2. The molecule has 110 valence electrons. The number of carboxylic acid groups (broad SMARTS) is 1. The minimum absolute atomic E-state index is 0.188. The highest BCUT2D eigenvalue weighted by molar-refractivity contribution is 9.10. The van der Waals surface area contributed by atoms with Crippen molar-refractivity contribution in [3.05, 3.63) is 28.2 Å². The van der Waals surface area contributed by atoms with E-state index in [1.165, 1.54) is 4.90 Å². The Balaban J connectivity index is 2.72. The van der Waals surface area contributed by atoms with Gasteiger partial charge in [0.15, 0.2) is 0 Å². The van der Waals surface area contributed by atoms with Gasteiger partial charge in [0.2, 0.25) is 0 Å². The maximum absolute atomic E-state index is 12.1. The lowest BCUT2D eigenvalue weighted by atomic mass is 10.2. The molecule has 1 aromatic carbocycles. The highest BCUT2D eigenvalue weighted by Crippen LogP contribution is 2.20. The third-order valence-corrected chi connectivity index (χ3v) is 3.88. The molecule has 0 saturated heterocycles. The molecule has 6 heteroatoms. The third kappa shape index (κ3) is 4.52. The smallest absolute Gasteiger partial charge is 0.321 e. The molecule has 0 aliphatic heterocycles. The Morgan fingerprint density at radius 1 is 1.45 bits per heavy atom. The predicted octanol–water partition coefficient (Wildman–Crippen LogP) is 3.33. The fourth-order valence-electron chi connectivity index (χ4n) is 1.69. The fraction of sp³-hybridized carbons (Fsp3) is 0.429. The van der Waals surface area contributed by atoms with Crippen LogP contribution in [-0.2, 0) is 4.79 Å². The zero-order valence-corrected chi connectivity index (χ0v) is 13.4. The SMILES string of the molecule is CCN(CC(C)C(=O)O)C(=O)Nc1ccc(Br)c(C)c1. The van der Waals surface area contributed by atoms with E-state index in [1.54, 1.807) is 13.0 Å². The first-order chi connectivity index (χ1) is 9.35. The molecule has 0 aliphatic rings. The van der Waals surface area contributed by atoms with Gasteiger partial charge in [0.1, 0.15) is 0 Å². The van der Waals surface area contributed by atoms with Gasteiger partial charge in [-0.15, -0.1) is 0 Å². The molecule has 2 amide bonds. The van der Waals surface area contributed by atoms with Crippen molar-refractivity contribution in [3.8, 4) is 0 Å². The van der Waals surface area contributed by atoms with Gasteiger partial charge in [0, 0.05) is 23.2 Å². The first-order valence-corrected chi connectivity index (χ1v) is 7.19. The van der Waals surface area contributed by atoms with Crippen LogP contribution in [0.5, 0.6) is 0 Å². The van der Waals surface area contributed by atoms with Crippen LogP contribution in [-0.4, -0.2) is 35.1 Å². The number of carbonyl (C=O) groups is 2. The second kappa shape index (κ2) is 7.28. The monoisotopic (exact) mass is 342 g/mol. The third-order valence-electron chi connectivity index (χ3n) is 2.99. The summed E-state index contributed by atoms with van der Waals surface area (Å²) in [6.45, 7) is 5.99. The molecule has 1 rings (SSSR count). The number of nitrogens with zero attached hydrogens (tertiary/aromatic N) is 1. The molecule has 1 atom stereocenters. The average molecular weight is 343 g/mol. The lowest BCUT2D eigenvalue weighted by Crippen LogP contribution is -2.39. The van der Waals surface area contributed by atoms with Gasteiger partial charge in [-0.05, 0) is 37.6 Å². The van der Waals surface area contributed by atoms with Crippen molar-refractivity contribution in [2.45, 2.75) is 20.8 Å². The van der Waals surface area contributed by atoms with Crippen molar-refractivity contribution < 1.29 is 14.7 Å². The molecule has 0 radical (unpaired) electrons. The summed E-state index contributed by atoms with van der Waals surface area (Å²) >= 11 is 3.40. The Morgan fingerprint density at radius 3 is 2.60 bits per heavy atom. The summed E-state index contributed by atoms with van der Waals surface area (Å²) in [6.07, 6.45) is 0. The number of aryl methyl sites for hydroxylation is 1. The number of amides is 2. The molecular formula is C14H19BrN2O3. The zero-order valence-electron chi connectivity index (χ0n) is 11.8. The molecule has 5 nitrogen and oxygen atoms in total. The zero-order chi connectivity index (χ0) is 15.3. The summed E-state index contributed by atoms with van der Waals surface area (Å²) in [6, 6.07) is 5.23. The molecular weight excluding hydrogens is 324 g/mol. The number of urea groups is 1. The average Bonchev–Trinajstić information content (AvgIpc) is 2.39. The maximum Gasteiger partial charge on any atom is 0.321 e. The van der Waals surface area contributed by atoms with E-state index in [1.807, 2.05) is 26.0 Å². The van der Waals surface area contributed by atoms with E-state index >= 15 is 0 Å². The Labute approximate surface area is 127 Å². The fourth-order valence-corrected chi connectivity index (χ4v) is 1.94. The second-order valence-corrected chi connectivity index (χ2v) is 5.53. The van der Waals surface area contributed by atoms with Crippen molar-refractivity contribution in [1.82, 2.24) is 4.90 Å². The summed E-state index contributed by atoms with van der Waals surface area (Å²) in [5.41, 5.74) is 1.71. The summed E-state index contributed by atoms with van der Waals surface area (Å²) in [5.74, 6) is -1.50. The minimum atomic E-state index is -0.907. The van der Waals surface area contributed by atoms with E-state index in [0.29, 0.717) is 12.2 Å². The minimum Gasteiger partial charge on any atom is -0.481 e. The molecule has 0 aromatic heterocycles. The number of halogens is 1. The van der Waals surface area contributed by atoms with Gasteiger partial charge in [0.25, 0.3) is 0 Å². The molecule has 1 aromatic rings. The van der Waals surface area contributed by atoms with Crippen LogP contribution >= 0.6 is 15.9 Å². The number of nitrogens with one attached hydrogen (secondary N) is 1. The first-order valence-electron chi connectivity index (χ1n) is 6.40. The van der Waals surface area contributed by atoms with Gasteiger partial charge >= 0.3 is 12.0 Å². The molecule has 0 heterocycles. The maximum atomic E-state index is 12.1. The summed E-state index contributed by atoms with van der Waals surface area (Å²) in [5, 5.41) is 11.7. The normalized spacial score (nSPS) is 11.8. The van der Waals surface area contributed by atoms with Gasteiger partial charge in [-0.1, -0.05) is 22.9 Å². The van der Waals surface area contributed by atoms with Crippen LogP contribution in [0.15, 0.2) is 22.7 Å². The van der Waals surface area contributed by atoms with Crippen molar-refractivity contribution in [2.75, 3.05) is 18.4 Å². The van der Waals surface area contributed by atoms with Crippen molar-refractivity contribution >= 4 is 33.6 Å². The van der Waals surface area contributed by atoms with Gasteiger partial charge in [-0.3, -0.25) is 4.79 Å². The Morgan fingerprint density at radius 2 is 2.10 bits per heavy atom. The summed E-state index contributed by atoms with van der Waals surface area (Å²) in [7, 11) is 0. The largest absolute Gasteiger partial charge is 0.481 e. The summed E-state index contributed by atoms with van der Waals surface area (Å²) in [4.78, 5) is 24.4. The van der Waals surface area contributed by atoms with Crippen LogP contribution in [0.25, 0.3) is 0 Å². The number of rotatable bonds is 5. The quantitative estimate of drug-likeness (QED) is 0.862. The number of carbonyl (C=O) groups excluding carboxylic acids is 1. The second-order valence-electron chi connectivity index (χ2n) is 4.67. The van der Waals surface area contributed by atoms with E-state index in [-0.39, 0.29) is 12.6 Å². The lowest BCUT2D eigenvalue weighted by molar-refractivity contribution is -0.141. The Kier molecular flexibility index (Phi) is 6.01. The van der Waals surface area contributed by atoms with Crippen LogP contribution < -0.4 is 5.32 Å². The topological polar surface area (TPSA) is 69.6 Å². The molecule has 1 unspecified atom stereocenters. The number of aliphatic carboxylic acids is 1. The first kappa shape index (κ1) is 16.5. The predicted molar refractivity (Wildman–Crippen MR) is 81.9 cm³/mol. The van der Waals surface area contributed by atoms with Crippen molar-refractivity contribution in [1.29, 1.82) is 0 Å². The molecule has 0 aliphatic carbocycles. The number of carboxylic acids is 1. The van der Waals surface area contributed by atoms with E-state index in [2.05, 4.69) is 21.2 Å². The van der Waals surface area contributed by atoms with Gasteiger partial charge < -0.3 is 15.3 Å². The van der Waals surface area contributed by atoms with E-state index in [0.717, 1.165) is 10.0 Å². The van der Waals surface area contributed by atoms with Crippen LogP contribution in [0.4, 0.5) is 10.5 Å². The lowest BCUT2D eigenvalue weighted by Gasteiger charge is -2.23. The molecule has 0 bridgehead atoms. The Hall–Kier alpha value is -1.56. The van der Waals surface area contributed by atoms with Crippen LogP contribution in [0.3, 0.4) is 0 Å². The van der Waals surface area contributed by atoms with Gasteiger partial charge in [-0.2, -0.15) is 0 Å². The van der Waals surface area contributed by atoms with E-state index < -0.39 is 11.9 Å². The Bertz CT molecular complexity index is 505. The molecule has 0 spiro atoms. The van der Waals surface area contributed by atoms with Gasteiger partial charge in [-0.25, -0.2) is 4.79 Å². The van der Waals surface area contributed by atoms with Crippen LogP contribution in [0, 0.1) is 12.8 Å².